The van der Waals surface area contributed by atoms with Crippen molar-refractivity contribution in [3.63, 3.8) is 0 Å². The molecule has 1 amide bonds. The first-order valence-electron chi connectivity index (χ1n) is 14.9. The minimum Gasteiger partial charge on any atom is -0.503 e. The van der Waals surface area contributed by atoms with Gasteiger partial charge in [0.05, 0.1) is 24.8 Å². The molecule has 0 fully saturated rings. The molecule has 0 saturated carbocycles. The van der Waals surface area contributed by atoms with Crippen LogP contribution in [0, 0.1) is 5.92 Å². The number of halogens is 1. The van der Waals surface area contributed by atoms with Gasteiger partial charge in [-0.1, -0.05) is 109 Å². The summed E-state index contributed by atoms with van der Waals surface area (Å²) < 4.78 is 12.6. The summed E-state index contributed by atoms with van der Waals surface area (Å²) in [5.74, 6) is 0.176. The maximum Gasteiger partial charge on any atom is 0.296 e. The number of amides is 1. The highest BCUT2D eigenvalue weighted by Gasteiger charge is 2.45. The molecule has 0 radical (unpaired) electrons. The van der Waals surface area contributed by atoms with Gasteiger partial charge in [-0.15, -0.1) is 10.2 Å². The van der Waals surface area contributed by atoms with Crippen molar-refractivity contribution in [3.05, 3.63) is 112 Å². The maximum atomic E-state index is 13.7. The van der Waals surface area contributed by atoms with Gasteiger partial charge in [-0.25, -0.2) is 0 Å². The molecule has 8 nitrogen and oxygen atoms in total. The van der Waals surface area contributed by atoms with Crippen molar-refractivity contribution in [2.75, 3.05) is 18.1 Å². The number of aliphatic hydroxyl groups is 1. The Morgan fingerprint density at radius 3 is 2.57 bits per heavy atom. The van der Waals surface area contributed by atoms with E-state index in [2.05, 4.69) is 24.0 Å². The van der Waals surface area contributed by atoms with E-state index in [1.54, 1.807) is 24.3 Å². The van der Waals surface area contributed by atoms with E-state index in [1.165, 1.54) is 34.1 Å². The van der Waals surface area contributed by atoms with Crippen molar-refractivity contribution < 1.29 is 24.2 Å². The van der Waals surface area contributed by atoms with E-state index in [-0.39, 0.29) is 10.7 Å². The highest BCUT2D eigenvalue weighted by Crippen LogP contribution is 2.45. The van der Waals surface area contributed by atoms with Gasteiger partial charge in [0.2, 0.25) is 5.13 Å². The first-order valence-corrected chi connectivity index (χ1v) is 17.1. The second-order valence-corrected chi connectivity index (χ2v) is 13.4. The number of rotatable bonds is 14. The third-order valence-electron chi connectivity index (χ3n) is 7.15. The smallest absolute Gasteiger partial charge is 0.296 e. The zero-order valence-corrected chi connectivity index (χ0v) is 28.1. The average molecular weight is 676 g/mol. The van der Waals surface area contributed by atoms with Crippen LogP contribution in [0.15, 0.2) is 94.5 Å². The van der Waals surface area contributed by atoms with Gasteiger partial charge < -0.3 is 14.6 Å². The van der Waals surface area contributed by atoms with Gasteiger partial charge >= 0.3 is 0 Å². The number of ether oxygens (including phenoxy) is 2. The maximum absolute atomic E-state index is 13.7. The number of hydrogen-bond acceptors (Lipinski definition) is 9. The SMILES string of the molecule is CCOc1cc(C2C(C(=O)C=Cc3ccccc3)=C(O)C(=O)N2c2nnc(SCc3ccccc3Cl)s2)ccc1OCCC(C)C. The fraction of sp³-hybridized carbons (Fsp3) is 0.257. The summed E-state index contributed by atoms with van der Waals surface area (Å²) in [7, 11) is 0. The fourth-order valence-corrected chi connectivity index (χ4v) is 6.95. The third kappa shape index (κ3) is 7.81. The molecule has 5 rings (SSSR count). The Kier molecular flexibility index (Phi) is 11.2. The standard InChI is InChI=1S/C35H34ClN3O5S2/c1-4-43-29-20-24(15-17-28(29)44-19-18-22(2)3)31-30(27(40)16-14-23-10-6-5-7-11-23)32(41)33(42)39(31)34-37-38-35(46-34)45-21-25-12-8-9-13-26(25)36/h5-17,20,22,31,41H,4,18-19,21H2,1-3H3. The number of anilines is 1. The number of ketones is 1. The van der Waals surface area contributed by atoms with E-state index >= 15 is 0 Å². The minimum absolute atomic E-state index is 0.0615. The first kappa shape index (κ1) is 33.2. The highest BCUT2D eigenvalue weighted by atomic mass is 35.5. The Bertz CT molecular complexity index is 1760. The second kappa shape index (κ2) is 15.4. The highest BCUT2D eigenvalue weighted by molar-refractivity contribution is 8.00. The van der Waals surface area contributed by atoms with E-state index in [0.29, 0.717) is 51.3 Å². The summed E-state index contributed by atoms with van der Waals surface area (Å²) in [6.07, 6.45) is 3.89. The van der Waals surface area contributed by atoms with Gasteiger partial charge in [0.15, 0.2) is 27.4 Å². The lowest BCUT2D eigenvalue weighted by Crippen LogP contribution is -2.31. The first-order chi connectivity index (χ1) is 22.3. The number of aliphatic hydroxyl groups excluding tert-OH is 1. The monoisotopic (exact) mass is 675 g/mol. The van der Waals surface area contributed by atoms with Crippen LogP contribution in [0.5, 0.6) is 11.5 Å². The van der Waals surface area contributed by atoms with Crippen molar-refractivity contribution in [1.82, 2.24) is 10.2 Å². The lowest BCUT2D eigenvalue weighted by atomic mass is 9.95. The molecular weight excluding hydrogens is 642 g/mol. The van der Waals surface area contributed by atoms with Crippen molar-refractivity contribution in [2.45, 2.75) is 43.3 Å². The quantitative estimate of drug-likeness (QED) is 0.0807. The van der Waals surface area contributed by atoms with Crippen molar-refractivity contribution in [3.8, 4) is 11.5 Å². The lowest BCUT2D eigenvalue weighted by Gasteiger charge is -2.24. The molecule has 0 saturated heterocycles. The summed E-state index contributed by atoms with van der Waals surface area (Å²) in [5.41, 5.74) is 2.24. The molecule has 1 aliphatic heterocycles. The second-order valence-electron chi connectivity index (χ2n) is 10.8. The Morgan fingerprint density at radius 1 is 1.07 bits per heavy atom. The van der Waals surface area contributed by atoms with Crippen molar-refractivity contribution >= 4 is 57.6 Å². The number of carbonyl (C=O) groups is 2. The normalized spacial score (nSPS) is 14.9. The Morgan fingerprint density at radius 2 is 1.83 bits per heavy atom. The van der Waals surface area contributed by atoms with Gasteiger partial charge in [-0.05, 0) is 60.2 Å². The van der Waals surface area contributed by atoms with Crippen LogP contribution in [0.3, 0.4) is 0 Å². The number of carbonyl (C=O) groups excluding carboxylic acids is 2. The van der Waals surface area contributed by atoms with Crippen LogP contribution in [0.2, 0.25) is 5.02 Å². The van der Waals surface area contributed by atoms with E-state index < -0.39 is 23.5 Å². The molecule has 1 aliphatic rings. The van der Waals surface area contributed by atoms with E-state index in [1.807, 2.05) is 61.5 Å². The summed E-state index contributed by atoms with van der Waals surface area (Å²) in [6, 6.07) is 21.2. The topological polar surface area (TPSA) is 102 Å². The van der Waals surface area contributed by atoms with Crippen LogP contribution in [0.4, 0.5) is 5.13 Å². The molecule has 1 atom stereocenters. The number of hydrogen-bond donors (Lipinski definition) is 1. The average Bonchev–Trinajstić information content (AvgIpc) is 3.62. The Balaban J connectivity index is 1.50. The number of aromatic nitrogens is 2. The number of allylic oxidation sites excluding steroid dienone is 1. The summed E-state index contributed by atoms with van der Waals surface area (Å²) >= 11 is 8.96. The van der Waals surface area contributed by atoms with E-state index in [4.69, 9.17) is 21.1 Å². The number of thioether (sulfide) groups is 1. The van der Waals surface area contributed by atoms with E-state index in [0.717, 1.165) is 17.5 Å². The van der Waals surface area contributed by atoms with Crippen LogP contribution in [-0.2, 0) is 15.3 Å². The molecular formula is C35H34ClN3O5S2. The largest absolute Gasteiger partial charge is 0.503 e. The molecule has 2 heterocycles. The van der Waals surface area contributed by atoms with Crippen LogP contribution in [0.25, 0.3) is 6.08 Å². The molecule has 46 heavy (non-hydrogen) atoms. The van der Waals surface area contributed by atoms with Gasteiger partial charge in [-0.3, -0.25) is 14.5 Å². The Labute approximate surface area is 281 Å². The molecule has 1 aromatic heterocycles. The van der Waals surface area contributed by atoms with Crippen LogP contribution >= 0.6 is 34.7 Å². The molecule has 1 unspecified atom stereocenters. The van der Waals surface area contributed by atoms with Crippen molar-refractivity contribution in [2.24, 2.45) is 5.92 Å². The van der Waals surface area contributed by atoms with Gasteiger partial charge in [-0.2, -0.15) is 0 Å². The van der Waals surface area contributed by atoms with Crippen LogP contribution in [-0.4, -0.2) is 40.2 Å². The molecule has 3 aromatic carbocycles. The number of nitrogens with zero attached hydrogens (tertiary/aromatic N) is 3. The zero-order chi connectivity index (χ0) is 32.6. The molecule has 0 bridgehead atoms. The molecule has 0 spiro atoms. The summed E-state index contributed by atoms with van der Waals surface area (Å²) in [5, 5.41) is 20.7. The van der Waals surface area contributed by atoms with Gasteiger partial charge in [0.1, 0.15) is 0 Å². The Hall–Kier alpha value is -4.12. The van der Waals surface area contributed by atoms with Gasteiger partial charge in [0, 0.05) is 10.8 Å². The molecule has 11 heteroatoms. The molecule has 0 aliphatic carbocycles. The van der Waals surface area contributed by atoms with Crippen molar-refractivity contribution in [1.29, 1.82) is 0 Å². The fourth-order valence-electron chi connectivity index (χ4n) is 4.80. The van der Waals surface area contributed by atoms with Crippen LogP contribution < -0.4 is 14.4 Å². The third-order valence-corrected chi connectivity index (χ3v) is 9.62. The minimum atomic E-state index is -0.987. The van der Waals surface area contributed by atoms with Gasteiger partial charge in [0.25, 0.3) is 5.91 Å². The molecule has 1 N–H and O–H groups in total. The van der Waals surface area contributed by atoms with E-state index in [9.17, 15) is 14.7 Å². The lowest BCUT2D eigenvalue weighted by molar-refractivity contribution is -0.117. The predicted molar refractivity (Wildman–Crippen MR) is 184 cm³/mol. The zero-order valence-electron chi connectivity index (χ0n) is 25.7. The summed E-state index contributed by atoms with van der Waals surface area (Å²) in [4.78, 5) is 28.7. The number of benzene rings is 3. The molecule has 238 valence electrons. The predicted octanol–water partition coefficient (Wildman–Crippen LogP) is 8.49. The summed E-state index contributed by atoms with van der Waals surface area (Å²) in [6.45, 7) is 7.01. The van der Waals surface area contributed by atoms with Crippen LogP contribution in [0.1, 0.15) is 49.9 Å². The molecule has 4 aromatic rings.